The first kappa shape index (κ1) is 44.3. The summed E-state index contributed by atoms with van der Waals surface area (Å²) in [4.78, 5) is 0. The van der Waals surface area contributed by atoms with Gasteiger partial charge in [0.15, 0.2) is 0 Å². The van der Waals surface area contributed by atoms with Crippen LogP contribution in [-0.4, -0.2) is 37.6 Å². The summed E-state index contributed by atoms with van der Waals surface area (Å²) in [7, 11) is 0. The van der Waals surface area contributed by atoms with Crippen LogP contribution in [0.3, 0.4) is 0 Å². The largest absolute Gasteiger partial charge is 0.394 e. The summed E-state index contributed by atoms with van der Waals surface area (Å²) in [5, 5.41) is 9.73. The van der Waals surface area contributed by atoms with Crippen molar-refractivity contribution >= 4 is 0 Å². The summed E-state index contributed by atoms with van der Waals surface area (Å²) >= 11 is 0. The second-order valence-electron chi connectivity index (χ2n) is 14.7. The summed E-state index contributed by atoms with van der Waals surface area (Å²) in [6, 6.07) is 0. The Labute approximate surface area is 287 Å². The fraction of sp³-hybridized carbons (Fsp3) is 0.721. The molecule has 0 aliphatic heterocycles. The van der Waals surface area contributed by atoms with Gasteiger partial charge in [0.05, 0.1) is 26.4 Å². The smallest absolute Gasteiger partial charge is 0.104 e. The Hall–Kier alpha value is -1.68. The molecule has 0 saturated carbocycles. The predicted octanol–water partition coefficient (Wildman–Crippen LogP) is 12.8. The molecule has 1 N–H and O–H groups in total. The van der Waals surface area contributed by atoms with Crippen LogP contribution < -0.4 is 0 Å². The predicted molar refractivity (Wildman–Crippen MR) is 205 cm³/mol. The number of hydrogen-bond donors (Lipinski definition) is 1. The molecule has 266 valence electrons. The van der Waals surface area contributed by atoms with Crippen molar-refractivity contribution in [2.45, 2.75) is 165 Å². The lowest BCUT2D eigenvalue weighted by Crippen LogP contribution is -2.24. The first-order valence-corrected chi connectivity index (χ1v) is 18.7. The summed E-state index contributed by atoms with van der Waals surface area (Å²) in [5.41, 5.74) is 8.71. The van der Waals surface area contributed by atoms with Gasteiger partial charge in [-0.1, -0.05) is 110 Å². The van der Waals surface area contributed by atoms with Crippen LogP contribution in [0.15, 0.2) is 69.9 Å². The molecule has 0 radical (unpaired) electrons. The quantitative estimate of drug-likeness (QED) is 0.0683. The van der Waals surface area contributed by atoms with Crippen LogP contribution in [0.2, 0.25) is 0 Å². The molecule has 0 spiro atoms. The van der Waals surface area contributed by atoms with E-state index in [1.807, 2.05) is 0 Å². The van der Waals surface area contributed by atoms with Gasteiger partial charge in [-0.2, -0.15) is 0 Å². The van der Waals surface area contributed by atoms with E-state index in [2.05, 4.69) is 106 Å². The van der Waals surface area contributed by atoms with E-state index >= 15 is 0 Å². The SMILES string of the molecule is C/C(=C\CC/C(C)=C/COCC(CO)OC/C=C(\C)CC/C=C(\C)CC/C=C(\C)CCCC(C)C)CC/C=C(\C)CCCC(C)C. The van der Waals surface area contributed by atoms with Gasteiger partial charge < -0.3 is 14.6 Å². The van der Waals surface area contributed by atoms with Gasteiger partial charge in [0.1, 0.15) is 6.10 Å². The number of hydrogen-bond acceptors (Lipinski definition) is 3. The zero-order valence-electron chi connectivity index (χ0n) is 32.2. The maximum atomic E-state index is 9.73. The van der Waals surface area contributed by atoms with Crippen molar-refractivity contribution in [2.24, 2.45) is 11.8 Å². The Bertz CT molecular complexity index is 941. The second-order valence-corrected chi connectivity index (χ2v) is 14.7. The second kappa shape index (κ2) is 29.5. The van der Waals surface area contributed by atoms with Gasteiger partial charge in [-0.3, -0.25) is 0 Å². The number of aliphatic hydroxyl groups excluding tert-OH is 1. The molecule has 0 fully saturated rings. The lowest BCUT2D eigenvalue weighted by molar-refractivity contribution is -0.0272. The third-order valence-electron chi connectivity index (χ3n) is 8.65. The highest BCUT2D eigenvalue weighted by atomic mass is 16.5. The Morgan fingerprint density at radius 1 is 0.500 bits per heavy atom. The maximum absolute atomic E-state index is 9.73. The fourth-order valence-corrected chi connectivity index (χ4v) is 5.26. The molecule has 0 aromatic rings. The number of ether oxygens (including phenoxy) is 2. The van der Waals surface area contributed by atoms with Crippen LogP contribution in [0.25, 0.3) is 0 Å². The van der Waals surface area contributed by atoms with Crippen LogP contribution in [0.4, 0.5) is 0 Å². The molecule has 1 atom stereocenters. The zero-order chi connectivity index (χ0) is 34.6. The number of aliphatic hydroxyl groups is 1. The highest BCUT2D eigenvalue weighted by molar-refractivity contribution is 5.07. The van der Waals surface area contributed by atoms with E-state index in [1.54, 1.807) is 5.57 Å². The maximum Gasteiger partial charge on any atom is 0.104 e. The van der Waals surface area contributed by atoms with E-state index in [-0.39, 0.29) is 12.7 Å². The van der Waals surface area contributed by atoms with Crippen molar-refractivity contribution < 1.29 is 14.6 Å². The molecule has 0 heterocycles. The van der Waals surface area contributed by atoms with E-state index in [0.29, 0.717) is 19.8 Å². The minimum Gasteiger partial charge on any atom is -0.394 e. The normalized spacial score (nSPS) is 15.1. The summed E-state index contributed by atoms with van der Waals surface area (Å²) in [5.74, 6) is 1.61. The van der Waals surface area contributed by atoms with Crippen molar-refractivity contribution in [1.82, 2.24) is 0 Å². The third-order valence-corrected chi connectivity index (χ3v) is 8.65. The minimum absolute atomic E-state index is 0.0279. The van der Waals surface area contributed by atoms with Gasteiger partial charge in [0.25, 0.3) is 0 Å². The molecule has 3 heteroatoms. The first-order valence-electron chi connectivity index (χ1n) is 18.7. The van der Waals surface area contributed by atoms with Crippen molar-refractivity contribution in [3.05, 3.63) is 69.9 Å². The van der Waals surface area contributed by atoms with Crippen LogP contribution in [-0.2, 0) is 9.47 Å². The van der Waals surface area contributed by atoms with Gasteiger partial charge in [0.2, 0.25) is 0 Å². The first-order chi connectivity index (χ1) is 21.9. The Morgan fingerprint density at radius 2 is 0.848 bits per heavy atom. The average molecular weight is 641 g/mol. The minimum atomic E-state index is -0.291. The van der Waals surface area contributed by atoms with Gasteiger partial charge in [-0.05, 0) is 130 Å². The standard InChI is InChI=1S/C43H76O3/c1-35(2)17-11-19-37(5)21-13-23-39(7)25-15-27-41(9)29-31-45-34-43(33-44)46-32-30-42(10)28-16-26-40(8)24-14-22-38(6)20-12-18-36(3)4/h21-22,25-26,29-30,35-36,43-44H,11-20,23-24,27-28,31-34H2,1-10H3/b37-21+,38-22+,39-25+,40-26+,41-29+,42-30+. The highest BCUT2D eigenvalue weighted by Crippen LogP contribution is 2.17. The average Bonchev–Trinajstić information content (AvgIpc) is 2.98. The Balaban J connectivity index is 4.17. The Kier molecular flexibility index (Phi) is 28.4. The van der Waals surface area contributed by atoms with Crippen molar-refractivity contribution in [1.29, 1.82) is 0 Å². The van der Waals surface area contributed by atoms with Crippen molar-refractivity contribution in [2.75, 3.05) is 26.4 Å². The van der Waals surface area contributed by atoms with E-state index in [1.165, 1.54) is 66.4 Å². The summed E-state index contributed by atoms with van der Waals surface area (Å²) < 4.78 is 11.7. The monoisotopic (exact) mass is 641 g/mol. The van der Waals surface area contributed by atoms with E-state index in [0.717, 1.165) is 63.2 Å². The van der Waals surface area contributed by atoms with E-state index in [4.69, 9.17) is 9.47 Å². The highest BCUT2D eigenvalue weighted by Gasteiger charge is 2.07. The number of allylic oxidation sites excluding steroid dienone is 10. The molecule has 0 bridgehead atoms. The lowest BCUT2D eigenvalue weighted by Gasteiger charge is -2.14. The summed E-state index contributed by atoms with van der Waals surface area (Å²) in [6.45, 7) is 24.1. The van der Waals surface area contributed by atoms with Gasteiger partial charge in [0, 0.05) is 0 Å². The third kappa shape index (κ3) is 29.7. The van der Waals surface area contributed by atoms with Crippen molar-refractivity contribution in [3.8, 4) is 0 Å². The van der Waals surface area contributed by atoms with Gasteiger partial charge in [-0.25, -0.2) is 0 Å². The number of rotatable bonds is 28. The van der Waals surface area contributed by atoms with Gasteiger partial charge >= 0.3 is 0 Å². The van der Waals surface area contributed by atoms with E-state index in [9.17, 15) is 5.11 Å². The topological polar surface area (TPSA) is 38.7 Å². The van der Waals surface area contributed by atoms with Crippen LogP contribution in [0.1, 0.15) is 159 Å². The summed E-state index contributed by atoms with van der Waals surface area (Å²) in [6.07, 6.45) is 30.2. The molecule has 0 aromatic carbocycles. The molecular weight excluding hydrogens is 564 g/mol. The molecule has 46 heavy (non-hydrogen) atoms. The molecule has 0 aliphatic rings. The fourth-order valence-electron chi connectivity index (χ4n) is 5.26. The molecule has 3 nitrogen and oxygen atoms in total. The molecule has 1 unspecified atom stereocenters. The molecule has 0 aliphatic carbocycles. The molecule has 0 rings (SSSR count). The molecule has 0 aromatic heterocycles. The van der Waals surface area contributed by atoms with Crippen LogP contribution in [0.5, 0.6) is 0 Å². The Morgan fingerprint density at radius 3 is 1.22 bits per heavy atom. The van der Waals surface area contributed by atoms with Crippen LogP contribution >= 0.6 is 0 Å². The zero-order valence-corrected chi connectivity index (χ0v) is 32.2. The molecular formula is C43H76O3. The molecule has 0 saturated heterocycles. The van der Waals surface area contributed by atoms with E-state index < -0.39 is 0 Å². The lowest BCUT2D eigenvalue weighted by atomic mass is 10.0. The molecule has 0 amide bonds. The van der Waals surface area contributed by atoms with Gasteiger partial charge in [-0.15, -0.1) is 0 Å². The van der Waals surface area contributed by atoms with Crippen molar-refractivity contribution in [3.63, 3.8) is 0 Å². The van der Waals surface area contributed by atoms with Crippen LogP contribution in [0, 0.1) is 11.8 Å².